The minimum atomic E-state index is -0.236. The number of nitrogens with two attached hydrogens (primary N) is 1. The van der Waals surface area contributed by atoms with Gasteiger partial charge in [0.15, 0.2) is 0 Å². The van der Waals surface area contributed by atoms with Crippen LogP contribution in [0.2, 0.25) is 0 Å². The molecule has 108 valence electrons. The summed E-state index contributed by atoms with van der Waals surface area (Å²) in [6, 6.07) is 6.99. The van der Waals surface area contributed by atoms with Crippen molar-refractivity contribution in [1.29, 1.82) is 0 Å². The lowest BCUT2D eigenvalue weighted by Crippen LogP contribution is -2.37. The van der Waals surface area contributed by atoms with Gasteiger partial charge < -0.3 is 10.6 Å². The normalized spacial score (nSPS) is 25.7. The van der Waals surface area contributed by atoms with Gasteiger partial charge in [0.1, 0.15) is 5.82 Å². The lowest BCUT2D eigenvalue weighted by Gasteiger charge is -2.26. The van der Waals surface area contributed by atoms with Crippen LogP contribution < -0.4 is 5.73 Å². The van der Waals surface area contributed by atoms with Gasteiger partial charge in [0, 0.05) is 24.5 Å². The molecule has 0 aromatic heterocycles. The van der Waals surface area contributed by atoms with Gasteiger partial charge in [0.2, 0.25) is 5.91 Å². The Hall–Kier alpha value is -1.42. The van der Waals surface area contributed by atoms with Crippen LogP contribution in [-0.4, -0.2) is 22.9 Å². The van der Waals surface area contributed by atoms with Gasteiger partial charge in [-0.25, -0.2) is 4.39 Å². The zero-order valence-corrected chi connectivity index (χ0v) is 11.6. The second kappa shape index (κ2) is 5.52. The maximum atomic E-state index is 12.9. The second-order valence-electron chi connectivity index (χ2n) is 6.09. The summed E-state index contributed by atoms with van der Waals surface area (Å²) in [5.41, 5.74) is 6.91. The zero-order chi connectivity index (χ0) is 14.1. The molecular weight excluding hydrogens is 255 g/mol. The van der Waals surface area contributed by atoms with Crippen LogP contribution in [0.4, 0.5) is 4.39 Å². The predicted octanol–water partition coefficient (Wildman–Crippen LogP) is 2.44. The van der Waals surface area contributed by atoms with E-state index in [0.29, 0.717) is 12.6 Å². The highest BCUT2D eigenvalue weighted by Crippen LogP contribution is 2.33. The molecule has 20 heavy (non-hydrogen) atoms. The van der Waals surface area contributed by atoms with Crippen molar-refractivity contribution in [3.8, 4) is 0 Å². The van der Waals surface area contributed by atoms with Crippen molar-refractivity contribution in [3.63, 3.8) is 0 Å². The molecule has 0 bridgehead atoms. The Morgan fingerprint density at radius 3 is 2.45 bits per heavy atom. The molecule has 1 amide bonds. The van der Waals surface area contributed by atoms with E-state index in [1.807, 2.05) is 4.90 Å². The van der Waals surface area contributed by atoms with Gasteiger partial charge in [-0.3, -0.25) is 4.79 Å². The summed E-state index contributed by atoms with van der Waals surface area (Å²) in [6.07, 6.45) is 4.85. The minimum absolute atomic E-state index is 0.0889. The lowest BCUT2D eigenvalue weighted by atomic mass is 10.1. The summed E-state index contributed by atoms with van der Waals surface area (Å²) in [6.45, 7) is 0.593. The predicted molar refractivity (Wildman–Crippen MR) is 75.3 cm³/mol. The van der Waals surface area contributed by atoms with Crippen molar-refractivity contribution >= 4 is 5.91 Å². The van der Waals surface area contributed by atoms with Crippen molar-refractivity contribution in [3.05, 3.63) is 35.6 Å². The summed E-state index contributed by atoms with van der Waals surface area (Å²) < 4.78 is 12.9. The SMILES string of the molecule is NC1CCC(C(=O)N(Cc2ccc(F)cc2)C2CC2)C1. The molecule has 0 spiro atoms. The van der Waals surface area contributed by atoms with Crippen LogP contribution in [0.5, 0.6) is 0 Å². The van der Waals surface area contributed by atoms with E-state index in [9.17, 15) is 9.18 Å². The Kier molecular flexibility index (Phi) is 3.74. The Morgan fingerprint density at radius 2 is 1.90 bits per heavy atom. The van der Waals surface area contributed by atoms with Crippen LogP contribution in [0, 0.1) is 11.7 Å². The summed E-state index contributed by atoms with van der Waals surface area (Å²) in [5.74, 6) is 0.0932. The van der Waals surface area contributed by atoms with E-state index in [4.69, 9.17) is 5.73 Å². The first-order chi connectivity index (χ1) is 9.63. The summed E-state index contributed by atoms with van der Waals surface area (Å²) >= 11 is 0. The smallest absolute Gasteiger partial charge is 0.226 e. The summed E-state index contributed by atoms with van der Waals surface area (Å²) in [5, 5.41) is 0. The fourth-order valence-electron chi connectivity index (χ4n) is 3.03. The highest BCUT2D eigenvalue weighted by Gasteiger charge is 2.38. The molecule has 0 aliphatic heterocycles. The van der Waals surface area contributed by atoms with Crippen molar-refractivity contribution in [2.45, 2.75) is 50.7 Å². The molecule has 1 aromatic carbocycles. The van der Waals surface area contributed by atoms with Crippen LogP contribution >= 0.6 is 0 Å². The Labute approximate surface area is 118 Å². The third-order valence-corrected chi connectivity index (χ3v) is 4.36. The Morgan fingerprint density at radius 1 is 1.20 bits per heavy atom. The number of benzene rings is 1. The Bertz CT molecular complexity index is 484. The molecule has 2 saturated carbocycles. The van der Waals surface area contributed by atoms with Gasteiger partial charge in [-0.15, -0.1) is 0 Å². The van der Waals surface area contributed by atoms with Crippen LogP contribution in [-0.2, 0) is 11.3 Å². The van der Waals surface area contributed by atoms with Crippen LogP contribution in [0.3, 0.4) is 0 Å². The average molecular weight is 276 g/mol. The first-order valence-electron chi connectivity index (χ1n) is 7.44. The van der Waals surface area contributed by atoms with E-state index in [1.54, 1.807) is 12.1 Å². The van der Waals surface area contributed by atoms with Crippen molar-refractivity contribution in [1.82, 2.24) is 4.90 Å². The number of halogens is 1. The van der Waals surface area contributed by atoms with Crippen molar-refractivity contribution in [2.24, 2.45) is 11.7 Å². The maximum Gasteiger partial charge on any atom is 0.226 e. The maximum absolute atomic E-state index is 12.9. The number of hydrogen-bond donors (Lipinski definition) is 1. The van der Waals surface area contributed by atoms with E-state index in [-0.39, 0.29) is 23.7 Å². The molecule has 1 aromatic rings. The highest BCUT2D eigenvalue weighted by molar-refractivity contribution is 5.80. The van der Waals surface area contributed by atoms with Gasteiger partial charge in [0.25, 0.3) is 0 Å². The number of amides is 1. The molecule has 2 aliphatic rings. The molecule has 3 nitrogen and oxygen atoms in total. The monoisotopic (exact) mass is 276 g/mol. The second-order valence-corrected chi connectivity index (χ2v) is 6.09. The molecule has 4 heteroatoms. The number of hydrogen-bond acceptors (Lipinski definition) is 2. The third-order valence-electron chi connectivity index (χ3n) is 4.36. The fraction of sp³-hybridized carbons (Fsp3) is 0.562. The summed E-state index contributed by atoms with van der Waals surface area (Å²) in [4.78, 5) is 14.6. The molecule has 2 unspecified atom stereocenters. The summed E-state index contributed by atoms with van der Waals surface area (Å²) in [7, 11) is 0. The molecule has 0 radical (unpaired) electrons. The number of nitrogens with zero attached hydrogens (tertiary/aromatic N) is 1. The minimum Gasteiger partial charge on any atom is -0.335 e. The van der Waals surface area contributed by atoms with Crippen LogP contribution in [0.15, 0.2) is 24.3 Å². The molecular formula is C16H21FN2O. The van der Waals surface area contributed by atoms with E-state index in [0.717, 1.165) is 37.7 Å². The molecule has 0 saturated heterocycles. The highest BCUT2D eigenvalue weighted by atomic mass is 19.1. The van der Waals surface area contributed by atoms with Gasteiger partial charge in [-0.05, 0) is 49.8 Å². The molecule has 2 N–H and O–H groups in total. The fourth-order valence-corrected chi connectivity index (χ4v) is 3.03. The van der Waals surface area contributed by atoms with E-state index < -0.39 is 0 Å². The van der Waals surface area contributed by atoms with Crippen LogP contribution in [0.1, 0.15) is 37.7 Å². The van der Waals surface area contributed by atoms with Crippen LogP contribution in [0.25, 0.3) is 0 Å². The van der Waals surface area contributed by atoms with Gasteiger partial charge in [-0.1, -0.05) is 12.1 Å². The molecule has 3 rings (SSSR count). The molecule has 2 fully saturated rings. The largest absolute Gasteiger partial charge is 0.335 e. The number of rotatable bonds is 4. The quantitative estimate of drug-likeness (QED) is 0.918. The van der Waals surface area contributed by atoms with Crippen molar-refractivity contribution in [2.75, 3.05) is 0 Å². The standard InChI is InChI=1S/C16H21FN2O/c17-13-4-1-11(2-5-13)10-19(15-7-8-15)16(20)12-3-6-14(18)9-12/h1-2,4-5,12,14-15H,3,6-10,18H2. The lowest BCUT2D eigenvalue weighted by molar-refractivity contribution is -0.136. The van der Waals surface area contributed by atoms with Gasteiger partial charge >= 0.3 is 0 Å². The van der Waals surface area contributed by atoms with E-state index >= 15 is 0 Å². The molecule has 2 aliphatic carbocycles. The zero-order valence-electron chi connectivity index (χ0n) is 11.6. The molecule has 2 atom stereocenters. The first kappa shape index (κ1) is 13.6. The average Bonchev–Trinajstić information content (AvgIpc) is 3.19. The number of carbonyl (C=O) groups excluding carboxylic acids is 1. The Balaban J connectivity index is 1.69. The van der Waals surface area contributed by atoms with Gasteiger partial charge in [0.05, 0.1) is 0 Å². The topological polar surface area (TPSA) is 46.3 Å². The number of carbonyl (C=O) groups is 1. The first-order valence-corrected chi connectivity index (χ1v) is 7.44. The van der Waals surface area contributed by atoms with Crippen molar-refractivity contribution < 1.29 is 9.18 Å². The molecule has 0 heterocycles. The van der Waals surface area contributed by atoms with E-state index in [1.165, 1.54) is 12.1 Å². The van der Waals surface area contributed by atoms with Gasteiger partial charge in [-0.2, -0.15) is 0 Å². The van der Waals surface area contributed by atoms with E-state index in [2.05, 4.69) is 0 Å². The third kappa shape index (κ3) is 3.01.